The molecule has 0 aromatic carbocycles. The van der Waals surface area contributed by atoms with Gasteiger partial charge >= 0.3 is 60.9 Å². The Morgan fingerprint density at radius 3 is 2.67 bits per heavy atom. The van der Waals surface area contributed by atoms with Crippen molar-refractivity contribution in [2.75, 3.05) is 6.54 Å². The third-order valence-corrected chi connectivity index (χ3v) is 2.63. The molecule has 0 aliphatic carbocycles. The third-order valence-electron chi connectivity index (χ3n) is 1.43. The Hall–Kier alpha value is 1.57. The van der Waals surface area contributed by atoms with Gasteiger partial charge in [0.25, 0.3) is 0 Å². The van der Waals surface area contributed by atoms with Gasteiger partial charge in [-0.3, -0.25) is 0 Å². The fourth-order valence-electron chi connectivity index (χ4n) is 0.798. The van der Waals surface area contributed by atoms with Gasteiger partial charge in [-0.2, -0.15) is 0 Å². The maximum absolute atomic E-state index is 4.36. The molecule has 0 radical (unpaired) electrons. The second-order valence-corrected chi connectivity index (χ2v) is 4.07. The first-order valence-electron chi connectivity index (χ1n) is 2.99. The van der Waals surface area contributed by atoms with Crippen LogP contribution in [0.25, 0.3) is 5.32 Å². The Balaban J connectivity index is 0.000000640. The van der Waals surface area contributed by atoms with E-state index in [1.807, 2.05) is 0 Å². The molecule has 3 heteroatoms. The maximum Gasteiger partial charge on any atom is 0 e. The summed E-state index contributed by atoms with van der Waals surface area (Å²) < 4.78 is 1.42. The van der Waals surface area contributed by atoms with Crippen LogP contribution in [0.3, 0.4) is 0 Å². The van der Waals surface area contributed by atoms with Crippen LogP contribution in [-0.2, 0) is 19.4 Å². The summed E-state index contributed by atoms with van der Waals surface area (Å²) in [5.74, 6) is 0.845. The van der Waals surface area contributed by atoms with Crippen molar-refractivity contribution in [3.63, 3.8) is 0 Å². The van der Waals surface area contributed by atoms with Crippen LogP contribution in [0.1, 0.15) is 19.8 Å². The molecule has 1 aliphatic heterocycles. The van der Waals surface area contributed by atoms with Crippen LogP contribution in [0, 0.1) is 37.0 Å². The van der Waals surface area contributed by atoms with Crippen molar-refractivity contribution in [1.29, 1.82) is 0 Å². The molecule has 1 atom stereocenters. The van der Waals surface area contributed by atoms with E-state index >= 15 is 0 Å². The van der Waals surface area contributed by atoms with Gasteiger partial charge in [-0.05, 0) is 0 Å². The average molecular weight is 518 g/mol. The summed E-state index contributed by atoms with van der Waals surface area (Å²) in [5.41, 5.74) is 0. The molecule has 0 bridgehead atoms. The Kier molecular flexibility index (Phi) is 6.17. The molecule has 0 aromatic heterocycles. The van der Waals surface area contributed by atoms with Crippen molar-refractivity contribution in [3.8, 4) is 0 Å². The van der Waals surface area contributed by atoms with E-state index in [-0.39, 0.29) is 31.1 Å². The van der Waals surface area contributed by atoms with E-state index < -0.39 is 0 Å². The first kappa shape index (κ1) is 10.6. The van der Waals surface area contributed by atoms with Crippen LogP contribution >= 0.6 is 0 Å². The number of piperidine rings is 1. The second kappa shape index (κ2) is 5.25. The standard InChI is InChI=1S/C6H10N.U.W/c1-6-3-2-4-7-5-6;;/h6H,2-3,5H2,1H3;;/q-1;;. The normalized spacial score (nSPS) is 27.2. The van der Waals surface area contributed by atoms with Gasteiger partial charge in [0.15, 0.2) is 0 Å². The summed E-state index contributed by atoms with van der Waals surface area (Å²) in [6.07, 6.45) is 2.62. The molecular formula is C6H10NUW-. The van der Waals surface area contributed by atoms with Gasteiger partial charge in [0.1, 0.15) is 0 Å². The summed E-state index contributed by atoms with van der Waals surface area (Å²) in [6, 6.07) is 0. The van der Waals surface area contributed by atoms with Crippen molar-refractivity contribution in [3.05, 3.63) is 5.32 Å². The minimum atomic E-state index is 0. The minimum Gasteiger partial charge on any atom is 0 e. The van der Waals surface area contributed by atoms with Gasteiger partial charge in [-0.15, -0.1) is 0 Å². The number of hydrogen-bond acceptors (Lipinski definition) is 0. The number of hydrogen-bond donors (Lipinski definition) is 0. The molecule has 0 saturated carbocycles. The molecule has 9 heavy (non-hydrogen) atoms. The molecule has 1 heterocycles. The zero-order valence-corrected chi connectivity index (χ0v) is 12.7. The van der Waals surface area contributed by atoms with Crippen LogP contribution in [0.2, 0.25) is 0 Å². The van der Waals surface area contributed by atoms with Gasteiger partial charge < -0.3 is 0 Å². The van der Waals surface area contributed by atoms with Crippen LogP contribution in [0.5, 0.6) is 0 Å². The summed E-state index contributed by atoms with van der Waals surface area (Å²) in [6.45, 7) is 3.35. The molecule has 0 amide bonds. The minimum absolute atomic E-state index is 0. The molecule has 1 unspecified atom stereocenters. The van der Waals surface area contributed by atoms with Gasteiger partial charge in [0.05, 0.1) is 0 Å². The number of nitrogens with zero attached hydrogens (tertiary/aromatic N) is 1. The fourth-order valence-corrected chi connectivity index (χ4v) is 1.49. The molecule has 1 aliphatic rings. The quantitative estimate of drug-likeness (QED) is 0.462. The molecule has 50 valence electrons. The first-order valence-corrected chi connectivity index (χ1v) is 4.46. The Bertz CT molecular complexity index is 95.2. The van der Waals surface area contributed by atoms with E-state index in [1.54, 1.807) is 19.4 Å². The fraction of sp³-hybridized carbons (Fsp3) is 0.833. The average Bonchev–Trinajstić information content (AvgIpc) is 1.77. The Morgan fingerprint density at radius 1 is 1.67 bits per heavy atom. The predicted octanol–water partition coefficient (Wildman–Crippen LogP) is 1.47. The monoisotopic (exact) mass is 518 g/mol. The van der Waals surface area contributed by atoms with Crippen LogP contribution < -0.4 is 0 Å². The Morgan fingerprint density at radius 2 is 2.33 bits per heavy atom. The van der Waals surface area contributed by atoms with Crippen LogP contribution in [-0.4, -0.2) is 10.6 Å². The van der Waals surface area contributed by atoms with Crippen LogP contribution in [0.4, 0.5) is 0 Å². The van der Waals surface area contributed by atoms with E-state index in [9.17, 15) is 0 Å². The SMILES string of the molecule is CC1CC[C](=[W])[N-]C1.[U]. The zero-order chi connectivity index (χ0) is 5.98. The summed E-state index contributed by atoms with van der Waals surface area (Å²) in [5, 5.41) is 4.36. The third kappa shape index (κ3) is 4.10. The van der Waals surface area contributed by atoms with Crippen molar-refractivity contribution in [2.24, 2.45) is 5.92 Å². The summed E-state index contributed by atoms with van der Waals surface area (Å²) in [4.78, 5) is 0. The van der Waals surface area contributed by atoms with Gasteiger partial charge in [-0.25, -0.2) is 0 Å². The molecule has 0 N–H and O–H groups in total. The van der Waals surface area contributed by atoms with E-state index in [2.05, 4.69) is 12.2 Å². The smallest absolute Gasteiger partial charge is 0 e. The first-order chi connectivity index (χ1) is 3.79. The predicted molar refractivity (Wildman–Crippen MR) is 31.6 cm³/mol. The van der Waals surface area contributed by atoms with Crippen LogP contribution in [0.15, 0.2) is 0 Å². The van der Waals surface area contributed by atoms with E-state index in [1.165, 1.54) is 16.9 Å². The molecular weight excluding hydrogens is 508 g/mol. The topological polar surface area (TPSA) is 14.1 Å². The molecule has 1 nitrogen and oxygen atoms in total. The molecule has 1 fully saturated rings. The van der Waals surface area contributed by atoms with Crippen molar-refractivity contribution >= 4 is 4.02 Å². The van der Waals surface area contributed by atoms with Crippen molar-refractivity contribution < 1.29 is 50.5 Å². The summed E-state index contributed by atoms with van der Waals surface area (Å²) in [7, 11) is 0. The van der Waals surface area contributed by atoms with Gasteiger partial charge in [0.2, 0.25) is 0 Å². The van der Waals surface area contributed by atoms with Crippen molar-refractivity contribution in [1.82, 2.24) is 0 Å². The molecule has 1 saturated heterocycles. The maximum atomic E-state index is 4.36. The Labute approximate surface area is 91.1 Å². The second-order valence-electron chi connectivity index (χ2n) is 2.38. The van der Waals surface area contributed by atoms with Crippen molar-refractivity contribution in [2.45, 2.75) is 19.8 Å². The molecule has 0 aromatic rings. The number of rotatable bonds is 0. The zero-order valence-electron chi connectivity index (χ0n) is 5.55. The molecule has 1 rings (SSSR count). The molecule has 0 spiro atoms. The largest absolute Gasteiger partial charge is 0 e. The van der Waals surface area contributed by atoms with E-state index in [0.29, 0.717) is 0 Å². The van der Waals surface area contributed by atoms with E-state index in [0.717, 1.165) is 12.5 Å². The van der Waals surface area contributed by atoms with Gasteiger partial charge in [0, 0.05) is 31.1 Å². The van der Waals surface area contributed by atoms with E-state index in [4.69, 9.17) is 0 Å². The summed E-state index contributed by atoms with van der Waals surface area (Å²) >= 11 is 1.56. The van der Waals surface area contributed by atoms with Gasteiger partial charge in [-0.1, -0.05) is 0 Å².